The monoisotopic (exact) mass is 192 g/mol. The molecule has 0 aliphatic heterocycles. The van der Waals surface area contributed by atoms with Crippen LogP contribution in [0.25, 0.3) is 0 Å². The molecular formula is C9H12N4O. The van der Waals surface area contributed by atoms with Crippen LogP contribution in [0.3, 0.4) is 0 Å². The lowest BCUT2D eigenvalue weighted by Gasteiger charge is -2.07. The Labute approximate surface area is 81.5 Å². The zero-order valence-electron chi connectivity index (χ0n) is 7.92. The summed E-state index contributed by atoms with van der Waals surface area (Å²) in [4.78, 5) is 4.10. The van der Waals surface area contributed by atoms with Crippen LogP contribution in [0, 0.1) is 0 Å². The molecule has 0 aliphatic carbocycles. The van der Waals surface area contributed by atoms with E-state index in [9.17, 15) is 0 Å². The van der Waals surface area contributed by atoms with Gasteiger partial charge in [-0.05, 0) is 12.1 Å². The van der Waals surface area contributed by atoms with Gasteiger partial charge in [0.25, 0.3) is 0 Å². The number of aromatic nitrogens is 3. The molecule has 1 unspecified atom stereocenters. The summed E-state index contributed by atoms with van der Waals surface area (Å²) in [6.07, 6.45) is 3.76. The molecule has 0 saturated heterocycles. The van der Waals surface area contributed by atoms with Gasteiger partial charge in [0.2, 0.25) is 0 Å². The fourth-order valence-corrected chi connectivity index (χ4v) is 1.30. The van der Waals surface area contributed by atoms with Gasteiger partial charge >= 0.3 is 0 Å². The smallest absolute Gasteiger partial charge is 0.138 e. The van der Waals surface area contributed by atoms with E-state index in [0.717, 1.165) is 11.6 Å². The largest absolute Gasteiger partial charge is 0.468 e. The third kappa shape index (κ3) is 1.67. The molecule has 2 N–H and O–H groups in total. The van der Waals surface area contributed by atoms with Gasteiger partial charge in [0.15, 0.2) is 0 Å². The van der Waals surface area contributed by atoms with Crippen molar-refractivity contribution in [1.29, 1.82) is 0 Å². The van der Waals surface area contributed by atoms with E-state index in [-0.39, 0.29) is 6.04 Å². The van der Waals surface area contributed by atoms with Gasteiger partial charge in [0, 0.05) is 13.5 Å². The third-order valence-corrected chi connectivity index (χ3v) is 2.12. The number of furan rings is 1. The maximum atomic E-state index is 5.92. The molecule has 5 nitrogen and oxygen atoms in total. The van der Waals surface area contributed by atoms with Gasteiger partial charge in [-0.3, -0.25) is 4.68 Å². The Morgan fingerprint density at radius 2 is 2.50 bits per heavy atom. The van der Waals surface area contributed by atoms with E-state index >= 15 is 0 Å². The normalized spacial score (nSPS) is 13.0. The summed E-state index contributed by atoms with van der Waals surface area (Å²) in [6.45, 7) is 0. The van der Waals surface area contributed by atoms with E-state index in [2.05, 4.69) is 10.1 Å². The molecular weight excluding hydrogens is 180 g/mol. The van der Waals surface area contributed by atoms with Crippen molar-refractivity contribution >= 4 is 0 Å². The van der Waals surface area contributed by atoms with E-state index < -0.39 is 0 Å². The number of nitrogens with two attached hydrogens (primary N) is 1. The summed E-state index contributed by atoms with van der Waals surface area (Å²) in [6, 6.07) is 3.53. The van der Waals surface area contributed by atoms with E-state index in [0.29, 0.717) is 6.42 Å². The molecule has 2 aromatic rings. The molecule has 2 heterocycles. The summed E-state index contributed by atoms with van der Waals surface area (Å²) in [5.41, 5.74) is 5.92. The molecule has 1 atom stereocenters. The second kappa shape index (κ2) is 3.63. The van der Waals surface area contributed by atoms with Crippen molar-refractivity contribution in [3.63, 3.8) is 0 Å². The van der Waals surface area contributed by atoms with E-state index in [1.54, 1.807) is 10.9 Å². The number of hydrogen-bond acceptors (Lipinski definition) is 4. The number of nitrogens with zero attached hydrogens (tertiary/aromatic N) is 3. The number of aryl methyl sites for hydroxylation is 1. The molecule has 2 aromatic heterocycles. The van der Waals surface area contributed by atoms with Crippen LogP contribution in [-0.2, 0) is 13.5 Å². The summed E-state index contributed by atoms with van der Waals surface area (Å²) in [5, 5.41) is 3.97. The Kier molecular flexibility index (Phi) is 2.32. The second-order valence-electron chi connectivity index (χ2n) is 3.13. The molecule has 0 aliphatic rings. The van der Waals surface area contributed by atoms with Gasteiger partial charge in [-0.1, -0.05) is 0 Å². The quantitative estimate of drug-likeness (QED) is 0.775. The molecule has 2 rings (SSSR count). The van der Waals surface area contributed by atoms with Crippen LogP contribution in [0.4, 0.5) is 0 Å². The van der Waals surface area contributed by atoms with Gasteiger partial charge < -0.3 is 10.2 Å². The molecule has 0 radical (unpaired) electrons. The lowest BCUT2D eigenvalue weighted by Crippen LogP contribution is -2.15. The van der Waals surface area contributed by atoms with Crippen LogP contribution >= 0.6 is 0 Å². The molecule has 5 heteroatoms. The Hall–Kier alpha value is -1.62. The first kappa shape index (κ1) is 8.96. The minimum Gasteiger partial charge on any atom is -0.468 e. The lowest BCUT2D eigenvalue weighted by molar-refractivity contribution is 0.457. The third-order valence-electron chi connectivity index (χ3n) is 2.12. The second-order valence-corrected chi connectivity index (χ2v) is 3.13. The SMILES string of the molecule is Cn1ncnc1CC(N)c1ccco1. The van der Waals surface area contributed by atoms with Gasteiger partial charge in [-0.25, -0.2) is 4.98 Å². The Morgan fingerprint density at radius 3 is 3.07 bits per heavy atom. The van der Waals surface area contributed by atoms with E-state index in [1.807, 2.05) is 19.2 Å². The highest BCUT2D eigenvalue weighted by atomic mass is 16.3. The summed E-state index contributed by atoms with van der Waals surface area (Å²) in [5.74, 6) is 1.63. The van der Waals surface area contributed by atoms with Crippen LogP contribution in [0.2, 0.25) is 0 Å². The zero-order valence-corrected chi connectivity index (χ0v) is 7.92. The van der Waals surface area contributed by atoms with Gasteiger partial charge in [0.05, 0.1) is 12.3 Å². The number of rotatable bonds is 3. The maximum absolute atomic E-state index is 5.92. The average Bonchev–Trinajstić information content (AvgIpc) is 2.77. The van der Waals surface area contributed by atoms with Crippen molar-refractivity contribution in [3.8, 4) is 0 Å². The fourth-order valence-electron chi connectivity index (χ4n) is 1.30. The Bertz CT molecular complexity index is 393. The maximum Gasteiger partial charge on any atom is 0.138 e. The van der Waals surface area contributed by atoms with E-state index in [4.69, 9.17) is 10.2 Å². The summed E-state index contributed by atoms with van der Waals surface area (Å²) < 4.78 is 6.91. The summed E-state index contributed by atoms with van der Waals surface area (Å²) >= 11 is 0. The van der Waals surface area contributed by atoms with Crippen LogP contribution in [0.15, 0.2) is 29.1 Å². The Balaban J connectivity index is 2.09. The number of hydrogen-bond donors (Lipinski definition) is 1. The first-order valence-electron chi connectivity index (χ1n) is 4.39. The van der Waals surface area contributed by atoms with Crippen LogP contribution in [-0.4, -0.2) is 14.8 Å². The minimum atomic E-state index is -0.159. The predicted octanol–water partition coefficient (Wildman–Crippen LogP) is 0.651. The highest BCUT2D eigenvalue weighted by molar-refractivity contribution is 5.06. The lowest BCUT2D eigenvalue weighted by atomic mass is 10.1. The van der Waals surface area contributed by atoms with Crippen molar-refractivity contribution in [2.24, 2.45) is 12.8 Å². The molecule has 74 valence electrons. The zero-order chi connectivity index (χ0) is 9.97. The summed E-state index contributed by atoms with van der Waals surface area (Å²) in [7, 11) is 1.84. The first-order chi connectivity index (χ1) is 6.77. The van der Waals surface area contributed by atoms with Crippen LogP contribution in [0.1, 0.15) is 17.6 Å². The van der Waals surface area contributed by atoms with Crippen LogP contribution in [0.5, 0.6) is 0 Å². The molecule has 0 saturated carbocycles. The van der Waals surface area contributed by atoms with Crippen molar-refractivity contribution < 1.29 is 4.42 Å². The molecule has 0 fully saturated rings. The molecule has 0 spiro atoms. The molecule has 0 amide bonds. The fraction of sp³-hybridized carbons (Fsp3) is 0.333. The highest BCUT2D eigenvalue weighted by Gasteiger charge is 2.12. The molecule has 0 bridgehead atoms. The predicted molar refractivity (Wildman–Crippen MR) is 50.3 cm³/mol. The van der Waals surface area contributed by atoms with Crippen molar-refractivity contribution in [2.45, 2.75) is 12.5 Å². The molecule has 0 aromatic carbocycles. The van der Waals surface area contributed by atoms with Gasteiger partial charge in [0.1, 0.15) is 17.9 Å². The Morgan fingerprint density at radius 1 is 1.64 bits per heavy atom. The minimum absolute atomic E-state index is 0.159. The van der Waals surface area contributed by atoms with Crippen molar-refractivity contribution in [2.75, 3.05) is 0 Å². The average molecular weight is 192 g/mol. The van der Waals surface area contributed by atoms with Crippen molar-refractivity contribution in [3.05, 3.63) is 36.3 Å². The van der Waals surface area contributed by atoms with Crippen LogP contribution < -0.4 is 5.73 Å². The van der Waals surface area contributed by atoms with Gasteiger partial charge in [-0.2, -0.15) is 5.10 Å². The first-order valence-corrected chi connectivity index (χ1v) is 4.39. The van der Waals surface area contributed by atoms with E-state index in [1.165, 1.54) is 6.33 Å². The van der Waals surface area contributed by atoms with Gasteiger partial charge in [-0.15, -0.1) is 0 Å². The van der Waals surface area contributed by atoms with Crippen molar-refractivity contribution in [1.82, 2.24) is 14.8 Å². The molecule has 14 heavy (non-hydrogen) atoms. The topological polar surface area (TPSA) is 69.9 Å². The highest BCUT2D eigenvalue weighted by Crippen LogP contribution is 2.14. The standard InChI is InChI=1S/C9H12N4O/c1-13-9(11-6-12-13)5-7(10)8-3-2-4-14-8/h2-4,6-7H,5,10H2,1H3.